The molecule has 16 heavy (non-hydrogen) atoms. The van der Waals surface area contributed by atoms with Crippen LogP contribution in [0, 0.1) is 10.4 Å². The molecule has 0 N–H and O–H groups in total. The number of rotatable bonds is 0. The summed E-state index contributed by atoms with van der Waals surface area (Å²) in [6.45, 7) is 4.04. The Morgan fingerprint density at radius 3 is 2.81 bits per heavy atom. The molecule has 1 aromatic carbocycles. The number of hydrogen-bond donors (Lipinski definition) is 0. The number of aromatic nitrogens is 1. The summed E-state index contributed by atoms with van der Waals surface area (Å²) in [5, 5.41) is 4.22. The van der Waals surface area contributed by atoms with Crippen LogP contribution in [0.1, 0.15) is 5.56 Å². The minimum atomic E-state index is 0.0217. The molecule has 0 spiro atoms. The van der Waals surface area contributed by atoms with E-state index in [1.807, 2.05) is 24.3 Å². The predicted molar refractivity (Wildman–Crippen MR) is 64.1 cm³/mol. The van der Waals surface area contributed by atoms with Crippen LogP contribution in [0.4, 0.5) is 0 Å². The van der Waals surface area contributed by atoms with Gasteiger partial charge in [0.15, 0.2) is 0 Å². The van der Waals surface area contributed by atoms with Crippen LogP contribution in [-0.2, 0) is 7.05 Å². The molecular weight excluding hydrogens is 198 g/mol. The van der Waals surface area contributed by atoms with E-state index in [4.69, 9.17) is 0 Å². The molecule has 1 heterocycles. The van der Waals surface area contributed by atoms with Crippen LogP contribution < -0.4 is 16.1 Å². The lowest BCUT2D eigenvalue weighted by Crippen LogP contribution is -2.29. The molecule has 2 nitrogen and oxygen atoms in total. The summed E-state index contributed by atoms with van der Waals surface area (Å²) in [5.41, 5.74) is 1.16. The van der Waals surface area contributed by atoms with Gasteiger partial charge in [0.2, 0.25) is 0 Å². The normalized spacial score (nSPS) is 11.8. The molecule has 0 amide bonds. The van der Waals surface area contributed by atoms with Crippen molar-refractivity contribution >= 4 is 12.7 Å². The Bertz CT molecular complexity index is 844. The average Bonchev–Trinajstić information content (AvgIpc) is 2.64. The maximum absolute atomic E-state index is 11.5. The Hall–Kier alpha value is -2.09. The van der Waals surface area contributed by atoms with Crippen LogP contribution >= 0.6 is 0 Å². The van der Waals surface area contributed by atoms with Crippen molar-refractivity contribution in [3.8, 4) is 0 Å². The van der Waals surface area contributed by atoms with Crippen LogP contribution in [0.25, 0.3) is 12.7 Å². The standard InChI is InChI=1S/C14H11NO/c1-9-4-3-5-10-8-12-11(14(9)10)6-7-13(16)15(12)2/h3-8H,1H2,2H3. The Morgan fingerprint density at radius 2 is 2.00 bits per heavy atom. The molecule has 0 saturated heterocycles. The van der Waals surface area contributed by atoms with Crippen LogP contribution in [-0.4, -0.2) is 4.57 Å². The minimum absolute atomic E-state index is 0.0217. The Morgan fingerprint density at radius 1 is 1.19 bits per heavy atom. The highest BCUT2D eigenvalue weighted by Gasteiger charge is 2.04. The zero-order valence-electron chi connectivity index (χ0n) is 9.03. The first kappa shape index (κ1) is 9.16. The first-order valence-electron chi connectivity index (χ1n) is 5.18. The molecular formula is C14H11NO. The van der Waals surface area contributed by atoms with Gasteiger partial charge in [0.25, 0.3) is 5.56 Å². The number of benzene rings is 1. The van der Waals surface area contributed by atoms with Gasteiger partial charge in [-0.3, -0.25) is 4.79 Å². The number of nitrogens with zero attached hydrogens (tertiary/aromatic N) is 1. The third-order valence-electron chi connectivity index (χ3n) is 3.11. The van der Waals surface area contributed by atoms with Crippen molar-refractivity contribution in [3.63, 3.8) is 0 Å². The van der Waals surface area contributed by atoms with Crippen molar-refractivity contribution in [2.75, 3.05) is 0 Å². The number of hydrogen-bond acceptors (Lipinski definition) is 1. The van der Waals surface area contributed by atoms with Crippen molar-refractivity contribution in [1.82, 2.24) is 4.57 Å². The van der Waals surface area contributed by atoms with Crippen molar-refractivity contribution in [2.45, 2.75) is 0 Å². The minimum Gasteiger partial charge on any atom is -0.311 e. The second kappa shape index (κ2) is 2.95. The van der Waals surface area contributed by atoms with Gasteiger partial charge in [-0.25, -0.2) is 0 Å². The lowest BCUT2D eigenvalue weighted by molar-refractivity contribution is 0.821. The van der Waals surface area contributed by atoms with Crippen LogP contribution in [0.5, 0.6) is 0 Å². The largest absolute Gasteiger partial charge is 0.311 e. The molecule has 0 fully saturated rings. The van der Waals surface area contributed by atoms with Gasteiger partial charge >= 0.3 is 0 Å². The smallest absolute Gasteiger partial charge is 0.250 e. The van der Waals surface area contributed by atoms with E-state index in [2.05, 4.69) is 12.6 Å². The van der Waals surface area contributed by atoms with Gasteiger partial charge < -0.3 is 4.57 Å². The molecule has 0 atom stereocenters. The highest BCUT2D eigenvalue weighted by molar-refractivity contribution is 5.54. The molecule has 1 aliphatic rings. The van der Waals surface area contributed by atoms with Crippen molar-refractivity contribution in [2.24, 2.45) is 7.05 Å². The molecule has 0 bridgehead atoms. The molecule has 0 unspecified atom stereocenters. The van der Waals surface area contributed by atoms with Crippen molar-refractivity contribution in [1.29, 1.82) is 0 Å². The van der Waals surface area contributed by atoms with E-state index in [-0.39, 0.29) is 5.56 Å². The van der Waals surface area contributed by atoms with Gasteiger partial charge in [0.1, 0.15) is 0 Å². The van der Waals surface area contributed by atoms with Crippen molar-refractivity contribution < 1.29 is 0 Å². The van der Waals surface area contributed by atoms with Gasteiger partial charge in [-0.2, -0.15) is 0 Å². The topological polar surface area (TPSA) is 22.0 Å². The van der Waals surface area contributed by atoms with Gasteiger partial charge in [-0.05, 0) is 28.1 Å². The Balaban J connectivity index is 2.77. The van der Waals surface area contributed by atoms with E-state index < -0.39 is 0 Å². The van der Waals surface area contributed by atoms with E-state index >= 15 is 0 Å². The van der Waals surface area contributed by atoms with Gasteiger partial charge in [-0.1, -0.05) is 24.8 Å². The summed E-state index contributed by atoms with van der Waals surface area (Å²) < 4.78 is 1.68. The van der Waals surface area contributed by atoms with E-state index in [9.17, 15) is 4.79 Å². The monoisotopic (exact) mass is 209 g/mol. The summed E-state index contributed by atoms with van der Waals surface area (Å²) in [7, 11) is 1.80. The molecule has 78 valence electrons. The number of pyridine rings is 1. The summed E-state index contributed by atoms with van der Waals surface area (Å²) in [6, 6.07) is 9.52. The van der Waals surface area contributed by atoms with E-state index in [0.717, 1.165) is 26.6 Å². The summed E-state index contributed by atoms with van der Waals surface area (Å²) in [6.07, 6.45) is 2.04. The lowest BCUT2D eigenvalue weighted by atomic mass is 10.1. The maximum Gasteiger partial charge on any atom is 0.250 e. The first-order valence-corrected chi connectivity index (χ1v) is 5.18. The van der Waals surface area contributed by atoms with Crippen LogP contribution in [0.3, 0.4) is 0 Å². The second-order valence-electron chi connectivity index (χ2n) is 4.06. The average molecular weight is 209 g/mol. The van der Waals surface area contributed by atoms with Crippen molar-refractivity contribution in [3.05, 3.63) is 67.3 Å². The summed E-state index contributed by atoms with van der Waals surface area (Å²) >= 11 is 0. The molecule has 0 aliphatic heterocycles. The fraction of sp³-hybridized carbons (Fsp3) is 0.0714. The zero-order valence-corrected chi connectivity index (χ0v) is 9.03. The van der Waals surface area contributed by atoms with Crippen LogP contribution in [0.2, 0.25) is 0 Å². The maximum atomic E-state index is 11.5. The first-order chi connectivity index (χ1) is 7.68. The summed E-state index contributed by atoms with van der Waals surface area (Å²) in [5.74, 6) is 0. The second-order valence-corrected chi connectivity index (χ2v) is 4.06. The fourth-order valence-electron chi connectivity index (χ4n) is 2.25. The van der Waals surface area contributed by atoms with Gasteiger partial charge in [-0.15, -0.1) is 0 Å². The van der Waals surface area contributed by atoms with E-state index in [1.54, 1.807) is 17.7 Å². The predicted octanol–water partition coefficient (Wildman–Crippen LogP) is 0.225. The van der Waals surface area contributed by atoms with Gasteiger partial charge in [0.05, 0.1) is 5.35 Å². The highest BCUT2D eigenvalue weighted by Crippen LogP contribution is 2.04. The molecule has 2 heteroatoms. The molecule has 0 radical (unpaired) electrons. The molecule has 0 saturated carbocycles. The zero-order chi connectivity index (χ0) is 11.3. The fourth-order valence-corrected chi connectivity index (χ4v) is 2.25. The Labute approximate surface area is 92.1 Å². The summed E-state index contributed by atoms with van der Waals surface area (Å²) in [4.78, 5) is 11.5. The van der Waals surface area contributed by atoms with Crippen LogP contribution in [0.15, 0.2) is 35.1 Å². The molecule has 1 aliphatic carbocycles. The SMILES string of the molecule is C=c1cccc2c1=c1ccc(=O)n(C)c1=C2. The number of fused-ring (bicyclic) bond motifs is 2. The van der Waals surface area contributed by atoms with E-state index in [0.29, 0.717) is 0 Å². The molecule has 2 aromatic rings. The Kier molecular flexibility index (Phi) is 1.69. The quantitative estimate of drug-likeness (QED) is 0.519. The van der Waals surface area contributed by atoms with Gasteiger partial charge in [0, 0.05) is 18.3 Å². The lowest BCUT2D eigenvalue weighted by Gasteiger charge is -1.95. The highest BCUT2D eigenvalue weighted by atomic mass is 16.1. The third-order valence-corrected chi connectivity index (χ3v) is 3.11. The molecule has 3 rings (SSSR count). The third kappa shape index (κ3) is 1.04. The molecule has 1 aromatic heterocycles. The van der Waals surface area contributed by atoms with E-state index in [1.165, 1.54) is 0 Å².